The maximum absolute atomic E-state index is 13.1. The number of nitro groups is 2. The first-order chi connectivity index (χ1) is 27.3. The maximum atomic E-state index is 13.1. The third-order valence-corrected chi connectivity index (χ3v) is 8.94. The Morgan fingerprint density at radius 1 is 0.625 bits per heavy atom. The fourth-order valence-electron chi connectivity index (χ4n) is 6.18. The number of hydrogen-bond acceptors (Lipinski definition) is 12. The van der Waals surface area contributed by atoms with Gasteiger partial charge in [-0.1, -0.05) is 121 Å². The van der Waals surface area contributed by atoms with Crippen molar-refractivity contribution in [1.29, 1.82) is 0 Å². The lowest BCUT2D eigenvalue weighted by molar-refractivity contribution is -0.395. The molecule has 0 bridgehead atoms. The fourth-order valence-corrected chi connectivity index (χ4v) is 6.18. The molecule has 56 heavy (non-hydrogen) atoms. The van der Waals surface area contributed by atoms with Crippen LogP contribution in [0.1, 0.15) is 32.6 Å². The number of benzene rings is 5. The second-order valence-corrected chi connectivity index (χ2v) is 12.8. The minimum atomic E-state index is -1.51. The number of carbonyl (C=O) groups excluding carboxylic acids is 1. The predicted octanol–water partition coefficient (Wildman–Crippen LogP) is 7.37. The van der Waals surface area contributed by atoms with Crippen molar-refractivity contribution in [1.82, 2.24) is 0 Å². The lowest BCUT2D eigenvalue weighted by Crippen LogP contribution is -2.62. The van der Waals surface area contributed by atoms with E-state index in [0.29, 0.717) is 6.07 Å². The first-order valence-electron chi connectivity index (χ1n) is 17.8. The molecule has 1 heterocycles. The monoisotopic (exact) mass is 764 g/mol. The quantitative estimate of drug-likeness (QED) is 0.0494. The minimum Gasteiger partial charge on any atom is -0.465 e. The van der Waals surface area contributed by atoms with Crippen LogP contribution in [0.15, 0.2) is 133 Å². The smallest absolute Gasteiger partial charge is 0.342 e. The summed E-state index contributed by atoms with van der Waals surface area (Å²) in [6.45, 7) is 0.481. The van der Waals surface area contributed by atoms with Crippen molar-refractivity contribution in [2.24, 2.45) is 0 Å². The number of hydrogen-bond donors (Lipinski definition) is 0. The first-order valence-corrected chi connectivity index (χ1v) is 17.8. The van der Waals surface area contributed by atoms with Crippen LogP contribution in [0.2, 0.25) is 0 Å². The van der Waals surface area contributed by atoms with Gasteiger partial charge in [-0.25, -0.2) is 4.79 Å². The van der Waals surface area contributed by atoms with Gasteiger partial charge in [0.2, 0.25) is 12.0 Å². The molecule has 0 saturated carbocycles. The fraction of sp³-hybridized carbons (Fsp3) is 0.262. The number of rotatable bonds is 18. The van der Waals surface area contributed by atoms with Crippen LogP contribution in [0.25, 0.3) is 0 Å². The molecule has 0 amide bonds. The van der Waals surface area contributed by atoms with Gasteiger partial charge in [0.1, 0.15) is 30.0 Å². The van der Waals surface area contributed by atoms with Gasteiger partial charge in [-0.3, -0.25) is 20.2 Å². The van der Waals surface area contributed by atoms with E-state index < -0.39 is 69.2 Å². The number of ether oxygens (including phenoxy) is 7. The summed E-state index contributed by atoms with van der Waals surface area (Å²) >= 11 is 0. The largest absolute Gasteiger partial charge is 0.465 e. The third kappa shape index (κ3) is 10.4. The Kier molecular flexibility index (Phi) is 13.8. The van der Waals surface area contributed by atoms with Crippen molar-refractivity contribution < 1.29 is 47.8 Å². The van der Waals surface area contributed by atoms with Crippen LogP contribution in [-0.4, -0.2) is 60.2 Å². The second-order valence-electron chi connectivity index (χ2n) is 12.8. The van der Waals surface area contributed by atoms with Crippen molar-refractivity contribution in [2.75, 3.05) is 13.7 Å². The Balaban J connectivity index is 1.44. The predicted molar refractivity (Wildman–Crippen MR) is 202 cm³/mol. The van der Waals surface area contributed by atoms with Gasteiger partial charge in [0.25, 0.3) is 5.69 Å². The van der Waals surface area contributed by atoms with E-state index in [0.717, 1.165) is 35.4 Å². The summed E-state index contributed by atoms with van der Waals surface area (Å²) < 4.78 is 43.9. The van der Waals surface area contributed by atoms with E-state index >= 15 is 0 Å². The van der Waals surface area contributed by atoms with E-state index in [-0.39, 0.29) is 33.0 Å². The van der Waals surface area contributed by atoms with Crippen LogP contribution < -0.4 is 4.74 Å². The molecule has 1 aliphatic rings. The van der Waals surface area contributed by atoms with Crippen molar-refractivity contribution in [2.45, 2.75) is 57.1 Å². The minimum absolute atomic E-state index is 0.0344. The molecule has 5 aromatic carbocycles. The molecule has 0 radical (unpaired) electrons. The third-order valence-electron chi connectivity index (χ3n) is 8.94. The molecule has 14 heteroatoms. The van der Waals surface area contributed by atoms with Crippen LogP contribution >= 0.6 is 0 Å². The number of non-ortho nitro benzene ring substituents is 1. The molecule has 0 aliphatic carbocycles. The molecule has 0 aromatic heterocycles. The Labute approximate surface area is 322 Å². The van der Waals surface area contributed by atoms with Gasteiger partial charge in [0.15, 0.2) is 0 Å². The molecule has 1 aliphatic heterocycles. The Morgan fingerprint density at radius 3 is 1.55 bits per heavy atom. The van der Waals surface area contributed by atoms with Crippen molar-refractivity contribution >= 4 is 17.3 Å². The van der Waals surface area contributed by atoms with E-state index in [4.69, 9.17) is 33.2 Å². The molecule has 0 unspecified atom stereocenters. The number of nitro benzene ring substituents is 2. The Bertz CT molecular complexity index is 2040. The van der Waals surface area contributed by atoms with E-state index in [9.17, 15) is 25.0 Å². The zero-order valence-corrected chi connectivity index (χ0v) is 30.4. The van der Waals surface area contributed by atoms with Gasteiger partial charge >= 0.3 is 11.7 Å². The van der Waals surface area contributed by atoms with E-state index in [1.54, 1.807) is 0 Å². The average molecular weight is 765 g/mol. The van der Waals surface area contributed by atoms with Gasteiger partial charge in [-0.2, -0.15) is 0 Å². The molecule has 0 N–H and O–H groups in total. The normalized spacial score (nSPS) is 19.2. The molecule has 290 valence electrons. The summed E-state index contributed by atoms with van der Waals surface area (Å²) in [5.74, 6) is -1.71. The summed E-state index contributed by atoms with van der Waals surface area (Å²) in [4.78, 5) is 35.6. The summed E-state index contributed by atoms with van der Waals surface area (Å²) in [6, 6.07) is 39.3. The highest BCUT2D eigenvalue weighted by molar-refractivity contribution is 5.95. The zero-order chi connectivity index (χ0) is 39.3. The van der Waals surface area contributed by atoms with Gasteiger partial charge in [0.05, 0.1) is 56.1 Å². The number of esters is 1. The van der Waals surface area contributed by atoms with Crippen LogP contribution in [0.4, 0.5) is 11.4 Å². The van der Waals surface area contributed by atoms with Crippen molar-refractivity contribution in [3.05, 3.63) is 182 Å². The van der Waals surface area contributed by atoms with Crippen LogP contribution in [0, 0.1) is 20.2 Å². The van der Waals surface area contributed by atoms with Crippen molar-refractivity contribution in [3.63, 3.8) is 0 Å². The van der Waals surface area contributed by atoms with E-state index in [2.05, 4.69) is 0 Å². The van der Waals surface area contributed by atoms with Crippen LogP contribution in [0.3, 0.4) is 0 Å². The lowest BCUT2D eigenvalue weighted by Gasteiger charge is -2.45. The van der Waals surface area contributed by atoms with Crippen LogP contribution in [-0.2, 0) is 54.8 Å². The standard InChI is InChI=1S/C42H40N2O12/c1-50-41(45)34-22-33(43(46)47)23-35(44(48)49)37(34)56-42-40(54-27-32-20-12-5-13-21-32)39(53-26-31-18-10-4-11-19-31)38(52-25-30-16-8-3-9-17-30)36(55-42)28-51-24-29-14-6-2-7-15-29/h2-23,36,38-40,42H,24-28H2,1H3/t36-,38-,39+,40+,42-/m1/s1. The SMILES string of the molecule is COC(=O)c1cc([N+](=O)[O-])cc([N+](=O)[O-])c1O[C@H]1O[C@H](COCc2ccccc2)[C@@H](OCc2ccccc2)[C@H](OCc2ccccc2)[C@@H]1OCc1ccccc1. The topological polar surface area (TPSA) is 168 Å². The molecule has 1 fully saturated rings. The molecule has 0 spiro atoms. The maximum Gasteiger partial charge on any atom is 0.342 e. The molecule has 1 saturated heterocycles. The molecule has 14 nitrogen and oxygen atoms in total. The second kappa shape index (κ2) is 19.5. The van der Waals surface area contributed by atoms with Gasteiger partial charge in [-0.05, 0) is 22.3 Å². The van der Waals surface area contributed by atoms with Crippen molar-refractivity contribution in [3.8, 4) is 5.75 Å². The number of nitrogens with zero attached hydrogens (tertiary/aromatic N) is 2. The molecule has 5 atom stereocenters. The Morgan fingerprint density at radius 2 is 1.09 bits per heavy atom. The molecule has 6 rings (SSSR count). The molecule has 5 aromatic rings. The highest BCUT2D eigenvalue weighted by atomic mass is 16.7. The zero-order valence-electron chi connectivity index (χ0n) is 30.4. The van der Waals surface area contributed by atoms with Gasteiger partial charge < -0.3 is 33.2 Å². The summed E-state index contributed by atoms with van der Waals surface area (Å²) in [5.41, 5.74) is 1.30. The highest BCUT2D eigenvalue weighted by Gasteiger charge is 2.50. The first kappa shape index (κ1) is 39.7. The molecular weight excluding hydrogens is 724 g/mol. The molecular formula is C42H40N2O12. The average Bonchev–Trinajstić information content (AvgIpc) is 3.23. The van der Waals surface area contributed by atoms with E-state index in [1.165, 1.54) is 0 Å². The number of methoxy groups -OCH3 is 1. The highest BCUT2D eigenvalue weighted by Crippen LogP contribution is 2.40. The van der Waals surface area contributed by atoms with Gasteiger partial charge in [0, 0.05) is 6.07 Å². The Hall–Kier alpha value is -6.03. The van der Waals surface area contributed by atoms with Gasteiger partial charge in [-0.15, -0.1) is 0 Å². The van der Waals surface area contributed by atoms with Crippen LogP contribution in [0.5, 0.6) is 5.75 Å². The summed E-state index contributed by atoms with van der Waals surface area (Å²) in [7, 11) is 1.04. The number of carbonyl (C=O) groups is 1. The summed E-state index contributed by atoms with van der Waals surface area (Å²) in [5, 5.41) is 24.2. The summed E-state index contributed by atoms with van der Waals surface area (Å²) in [6.07, 6.45) is -5.42. The van der Waals surface area contributed by atoms with E-state index in [1.807, 2.05) is 121 Å². The lowest BCUT2D eigenvalue weighted by atomic mass is 9.97.